The summed E-state index contributed by atoms with van der Waals surface area (Å²) in [6.45, 7) is 2.94. The molecular formula is C27H30N2O3. The summed E-state index contributed by atoms with van der Waals surface area (Å²) >= 11 is 0. The number of hydrogen-bond acceptors (Lipinski definition) is 5. The molecular weight excluding hydrogens is 400 g/mol. The second-order valence-electron chi connectivity index (χ2n) is 8.56. The Kier molecular flexibility index (Phi) is 5.77. The predicted molar refractivity (Wildman–Crippen MR) is 127 cm³/mol. The third kappa shape index (κ3) is 3.83. The molecule has 1 N–H and O–H groups in total. The number of fused-ring (bicyclic) bond motifs is 2. The number of nitrogens with zero attached hydrogens (tertiary/aromatic N) is 1. The number of benzene rings is 3. The van der Waals surface area contributed by atoms with E-state index >= 15 is 0 Å². The van der Waals surface area contributed by atoms with Crippen molar-refractivity contribution in [3.63, 3.8) is 0 Å². The van der Waals surface area contributed by atoms with Gasteiger partial charge in [0.1, 0.15) is 17.2 Å². The molecule has 0 saturated carbocycles. The molecule has 166 valence electrons. The summed E-state index contributed by atoms with van der Waals surface area (Å²) in [5, 5.41) is 3.59. The minimum Gasteiger partial charge on any atom is -0.497 e. The van der Waals surface area contributed by atoms with Crippen molar-refractivity contribution in [2.75, 3.05) is 34.4 Å². The van der Waals surface area contributed by atoms with Gasteiger partial charge in [0.15, 0.2) is 0 Å². The molecule has 2 saturated heterocycles. The standard InChI is InChI=1S/C27H30N2O3/c1-30-22-10-8-20(9-11-22)19-4-6-21(7-5-19)27-25-15-28-16-26(27)29(25)17-18-12-23(31-2)14-24(13-18)32-3/h4-14,25-28H,15-17H2,1-3H3/t25-,26+,27?. The highest BCUT2D eigenvalue weighted by Crippen LogP contribution is 2.44. The molecule has 1 unspecified atom stereocenters. The molecule has 0 amide bonds. The van der Waals surface area contributed by atoms with E-state index in [-0.39, 0.29) is 0 Å². The van der Waals surface area contributed by atoms with E-state index in [1.807, 2.05) is 18.2 Å². The van der Waals surface area contributed by atoms with Crippen LogP contribution in [0.4, 0.5) is 0 Å². The van der Waals surface area contributed by atoms with Crippen LogP contribution in [0.15, 0.2) is 66.7 Å². The van der Waals surface area contributed by atoms with Crippen molar-refractivity contribution in [3.05, 3.63) is 77.9 Å². The van der Waals surface area contributed by atoms with E-state index in [1.54, 1.807) is 21.3 Å². The van der Waals surface area contributed by atoms with Gasteiger partial charge in [0.25, 0.3) is 0 Å². The summed E-state index contributed by atoms with van der Waals surface area (Å²) in [5.74, 6) is 3.13. The van der Waals surface area contributed by atoms with Crippen LogP contribution in [0.5, 0.6) is 17.2 Å². The van der Waals surface area contributed by atoms with Crippen LogP contribution in [0.25, 0.3) is 11.1 Å². The topological polar surface area (TPSA) is 43.0 Å². The Hall–Kier alpha value is -3.02. The van der Waals surface area contributed by atoms with Crippen LogP contribution in [0.2, 0.25) is 0 Å². The molecule has 0 aliphatic carbocycles. The Morgan fingerprint density at radius 3 is 1.78 bits per heavy atom. The molecule has 2 fully saturated rings. The first-order valence-electron chi connectivity index (χ1n) is 11.1. The van der Waals surface area contributed by atoms with Gasteiger partial charge in [-0.25, -0.2) is 0 Å². The fourth-order valence-electron chi connectivity index (χ4n) is 5.21. The number of likely N-dealkylation sites (tertiary alicyclic amines) is 1. The van der Waals surface area contributed by atoms with E-state index in [4.69, 9.17) is 14.2 Å². The van der Waals surface area contributed by atoms with Crippen molar-refractivity contribution >= 4 is 0 Å². The van der Waals surface area contributed by atoms with Gasteiger partial charge in [-0.15, -0.1) is 0 Å². The van der Waals surface area contributed by atoms with Gasteiger partial charge in [-0.3, -0.25) is 4.90 Å². The second-order valence-corrected chi connectivity index (χ2v) is 8.56. The number of piperidine rings is 1. The van der Waals surface area contributed by atoms with E-state index in [1.165, 1.54) is 22.3 Å². The van der Waals surface area contributed by atoms with Gasteiger partial charge in [-0.1, -0.05) is 36.4 Å². The smallest absolute Gasteiger partial charge is 0.122 e. The van der Waals surface area contributed by atoms with Crippen LogP contribution in [0.1, 0.15) is 17.0 Å². The van der Waals surface area contributed by atoms with Crippen molar-refractivity contribution in [3.8, 4) is 28.4 Å². The van der Waals surface area contributed by atoms with Gasteiger partial charge in [-0.05, 0) is 46.5 Å². The van der Waals surface area contributed by atoms with E-state index in [0.29, 0.717) is 18.0 Å². The monoisotopic (exact) mass is 430 g/mol. The lowest BCUT2D eigenvalue weighted by atomic mass is 9.72. The zero-order chi connectivity index (χ0) is 22.1. The molecule has 2 heterocycles. The average molecular weight is 431 g/mol. The van der Waals surface area contributed by atoms with Crippen LogP contribution >= 0.6 is 0 Å². The summed E-state index contributed by atoms with van der Waals surface area (Å²) in [6.07, 6.45) is 0. The number of piperazine rings is 1. The van der Waals surface area contributed by atoms with Crippen LogP contribution in [0.3, 0.4) is 0 Å². The Morgan fingerprint density at radius 2 is 1.25 bits per heavy atom. The maximum absolute atomic E-state index is 5.46. The predicted octanol–water partition coefficient (Wildman–Crippen LogP) is 4.32. The lowest BCUT2D eigenvalue weighted by Crippen LogP contribution is -2.72. The first-order chi connectivity index (χ1) is 15.7. The normalized spacial score (nSPS) is 22.2. The van der Waals surface area contributed by atoms with Gasteiger partial charge in [-0.2, -0.15) is 0 Å². The summed E-state index contributed by atoms with van der Waals surface area (Å²) in [7, 11) is 5.10. The Morgan fingerprint density at radius 1 is 0.719 bits per heavy atom. The quantitative estimate of drug-likeness (QED) is 0.605. The molecule has 3 atom stereocenters. The minimum atomic E-state index is 0.498. The summed E-state index contributed by atoms with van der Waals surface area (Å²) in [6, 6.07) is 24.5. The van der Waals surface area contributed by atoms with E-state index < -0.39 is 0 Å². The summed E-state index contributed by atoms with van der Waals surface area (Å²) in [4.78, 5) is 2.62. The van der Waals surface area contributed by atoms with Crippen molar-refractivity contribution in [1.82, 2.24) is 10.2 Å². The van der Waals surface area contributed by atoms with Gasteiger partial charge >= 0.3 is 0 Å². The zero-order valence-corrected chi connectivity index (χ0v) is 18.9. The fourth-order valence-corrected chi connectivity index (χ4v) is 5.21. The lowest BCUT2D eigenvalue weighted by Gasteiger charge is -2.59. The first-order valence-corrected chi connectivity index (χ1v) is 11.1. The highest BCUT2D eigenvalue weighted by atomic mass is 16.5. The number of ether oxygens (including phenoxy) is 3. The van der Waals surface area contributed by atoms with Crippen LogP contribution in [-0.4, -0.2) is 51.4 Å². The molecule has 2 aliphatic heterocycles. The van der Waals surface area contributed by atoms with E-state index in [9.17, 15) is 0 Å². The fraction of sp³-hybridized carbons (Fsp3) is 0.333. The molecule has 3 aromatic carbocycles. The Labute approximate surface area is 189 Å². The number of rotatable bonds is 7. The van der Waals surface area contributed by atoms with Crippen LogP contribution in [0, 0.1) is 0 Å². The Bertz CT molecular complexity index is 1030. The minimum absolute atomic E-state index is 0.498. The third-order valence-corrected chi connectivity index (χ3v) is 6.88. The molecule has 0 aromatic heterocycles. The number of nitrogens with one attached hydrogen (secondary N) is 1. The lowest BCUT2D eigenvalue weighted by molar-refractivity contribution is -0.0484. The van der Waals surface area contributed by atoms with Crippen molar-refractivity contribution < 1.29 is 14.2 Å². The second kappa shape index (κ2) is 8.85. The van der Waals surface area contributed by atoms with Crippen molar-refractivity contribution in [2.45, 2.75) is 24.5 Å². The van der Waals surface area contributed by atoms with Crippen LogP contribution < -0.4 is 19.5 Å². The summed E-state index contributed by atoms with van der Waals surface area (Å²) < 4.78 is 16.2. The maximum atomic E-state index is 5.46. The average Bonchev–Trinajstić information content (AvgIpc) is 2.87. The van der Waals surface area contributed by atoms with E-state index in [2.05, 4.69) is 58.7 Å². The first kappa shape index (κ1) is 20.9. The van der Waals surface area contributed by atoms with Crippen molar-refractivity contribution in [2.24, 2.45) is 0 Å². The SMILES string of the molecule is COc1ccc(-c2ccc(C3[C@H]4CNC[C@@H]3N4Cc3cc(OC)cc(OC)c3)cc2)cc1. The van der Waals surface area contributed by atoms with Gasteiger partial charge in [0.05, 0.1) is 21.3 Å². The molecule has 3 aromatic rings. The van der Waals surface area contributed by atoms with Gasteiger partial charge in [0.2, 0.25) is 0 Å². The molecule has 2 bridgehead atoms. The van der Waals surface area contributed by atoms with Crippen molar-refractivity contribution in [1.29, 1.82) is 0 Å². The molecule has 2 aliphatic rings. The maximum Gasteiger partial charge on any atom is 0.122 e. The molecule has 5 heteroatoms. The molecule has 0 radical (unpaired) electrons. The number of hydrogen-bond donors (Lipinski definition) is 1. The zero-order valence-electron chi connectivity index (χ0n) is 18.9. The van der Waals surface area contributed by atoms with Crippen LogP contribution in [-0.2, 0) is 6.54 Å². The highest BCUT2D eigenvalue weighted by molar-refractivity contribution is 5.64. The van der Waals surface area contributed by atoms with Gasteiger partial charge < -0.3 is 19.5 Å². The molecule has 5 nitrogen and oxygen atoms in total. The Balaban J connectivity index is 1.32. The van der Waals surface area contributed by atoms with Gasteiger partial charge in [0, 0.05) is 43.7 Å². The van der Waals surface area contributed by atoms with E-state index in [0.717, 1.165) is 36.9 Å². The highest BCUT2D eigenvalue weighted by Gasteiger charge is 2.50. The third-order valence-electron chi connectivity index (χ3n) is 6.88. The molecule has 0 spiro atoms. The largest absolute Gasteiger partial charge is 0.497 e. The molecule has 32 heavy (non-hydrogen) atoms. The summed E-state index contributed by atoms with van der Waals surface area (Å²) in [5.41, 5.74) is 5.10. The number of methoxy groups -OCH3 is 3. The molecule has 5 rings (SSSR count).